The first kappa shape index (κ1) is 20.9. The van der Waals surface area contributed by atoms with Crippen molar-refractivity contribution in [3.05, 3.63) is 50.1 Å². The number of imidazole rings is 1. The summed E-state index contributed by atoms with van der Waals surface area (Å²) in [5.41, 5.74) is -0.645. The highest BCUT2D eigenvalue weighted by atomic mass is 35.5. The van der Waals surface area contributed by atoms with Crippen molar-refractivity contribution in [3.8, 4) is 5.75 Å². The van der Waals surface area contributed by atoms with E-state index in [0.29, 0.717) is 29.2 Å². The minimum absolute atomic E-state index is 0.00853. The number of aromatic nitrogens is 4. The lowest BCUT2D eigenvalue weighted by Gasteiger charge is -2.16. The van der Waals surface area contributed by atoms with Gasteiger partial charge in [0.2, 0.25) is 5.95 Å². The van der Waals surface area contributed by atoms with Crippen LogP contribution >= 0.6 is 11.6 Å². The molecule has 10 heteroatoms. The standard InChI is InChI=1S/C19H24ClN5O4/c1-11(2)8-21-18-22-16-15(17(27)23-19(28)24(16)3)25(18)9-13(26)10-29-14-6-4-12(20)5-7-14/h4-7,11,13,26H,8-10H2,1-3H3,(H,21,22)(H,23,27,28)/t13-/m0/s1. The zero-order valence-electron chi connectivity index (χ0n) is 16.5. The number of aryl methyl sites for hydroxylation is 1. The minimum atomic E-state index is -0.917. The Labute approximate surface area is 171 Å². The van der Waals surface area contributed by atoms with E-state index in [1.807, 2.05) is 13.8 Å². The zero-order valence-corrected chi connectivity index (χ0v) is 17.2. The highest BCUT2D eigenvalue weighted by Gasteiger charge is 2.20. The normalized spacial score (nSPS) is 12.5. The number of halogens is 1. The molecular weight excluding hydrogens is 398 g/mol. The number of nitrogens with one attached hydrogen (secondary N) is 2. The van der Waals surface area contributed by atoms with Crippen LogP contribution in [0.25, 0.3) is 11.2 Å². The molecule has 156 valence electrons. The number of anilines is 1. The monoisotopic (exact) mass is 421 g/mol. The number of aromatic amines is 1. The van der Waals surface area contributed by atoms with Crippen molar-refractivity contribution in [2.45, 2.75) is 26.5 Å². The fraction of sp³-hybridized carbons (Fsp3) is 0.421. The van der Waals surface area contributed by atoms with Gasteiger partial charge >= 0.3 is 5.69 Å². The first-order valence-corrected chi connectivity index (χ1v) is 9.64. The van der Waals surface area contributed by atoms with Crippen LogP contribution in [0.4, 0.5) is 5.95 Å². The summed E-state index contributed by atoms with van der Waals surface area (Å²) in [5, 5.41) is 14.3. The van der Waals surface area contributed by atoms with Crippen LogP contribution in [0.1, 0.15) is 13.8 Å². The molecule has 0 aliphatic heterocycles. The summed E-state index contributed by atoms with van der Waals surface area (Å²) in [6.07, 6.45) is -0.917. The number of ether oxygens (including phenoxy) is 1. The molecule has 0 bridgehead atoms. The van der Waals surface area contributed by atoms with Crippen LogP contribution in [-0.2, 0) is 13.6 Å². The molecule has 3 rings (SSSR count). The lowest BCUT2D eigenvalue weighted by molar-refractivity contribution is 0.0938. The van der Waals surface area contributed by atoms with Crippen LogP contribution in [0.3, 0.4) is 0 Å². The molecule has 0 radical (unpaired) electrons. The topological polar surface area (TPSA) is 114 Å². The van der Waals surface area contributed by atoms with Crippen LogP contribution in [0.2, 0.25) is 5.02 Å². The quantitative estimate of drug-likeness (QED) is 0.509. The molecule has 3 aromatic rings. The Hall–Kier alpha value is -2.78. The summed E-state index contributed by atoms with van der Waals surface area (Å²) in [6, 6.07) is 6.80. The van der Waals surface area contributed by atoms with E-state index in [2.05, 4.69) is 15.3 Å². The Morgan fingerprint density at radius 1 is 1.28 bits per heavy atom. The number of benzene rings is 1. The summed E-state index contributed by atoms with van der Waals surface area (Å²) < 4.78 is 8.43. The van der Waals surface area contributed by atoms with Crippen LogP contribution < -0.4 is 21.3 Å². The predicted molar refractivity (Wildman–Crippen MR) is 112 cm³/mol. The van der Waals surface area contributed by atoms with Gasteiger partial charge in [0.15, 0.2) is 11.2 Å². The lowest BCUT2D eigenvalue weighted by atomic mass is 10.2. The zero-order chi connectivity index (χ0) is 21.1. The van der Waals surface area contributed by atoms with Gasteiger partial charge in [0.05, 0.1) is 6.54 Å². The Kier molecular flexibility index (Phi) is 6.29. The molecule has 29 heavy (non-hydrogen) atoms. The number of fused-ring (bicyclic) bond motifs is 1. The van der Waals surface area contributed by atoms with Gasteiger partial charge in [-0.2, -0.15) is 4.98 Å². The first-order valence-electron chi connectivity index (χ1n) is 9.26. The molecule has 0 spiro atoms. The molecule has 2 aromatic heterocycles. The number of aliphatic hydroxyl groups excluding tert-OH is 1. The molecule has 1 atom stereocenters. The van der Waals surface area contributed by atoms with E-state index in [0.717, 1.165) is 0 Å². The van der Waals surface area contributed by atoms with Gasteiger partial charge in [-0.1, -0.05) is 25.4 Å². The van der Waals surface area contributed by atoms with Crippen molar-refractivity contribution in [1.29, 1.82) is 0 Å². The average Bonchev–Trinajstić information content (AvgIpc) is 3.03. The number of hydrogen-bond donors (Lipinski definition) is 3. The molecule has 0 aliphatic rings. The Bertz CT molecular complexity index is 1100. The van der Waals surface area contributed by atoms with Gasteiger partial charge in [-0.15, -0.1) is 0 Å². The molecule has 1 aromatic carbocycles. The largest absolute Gasteiger partial charge is 0.491 e. The molecule has 3 N–H and O–H groups in total. The van der Waals surface area contributed by atoms with E-state index in [-0.39, 0.29) is 24.3 Å². The van der Waals surface area contributed by atoms with E-state index in [1.54, 1.807) is 28.8 Å². The molecule has 9 nitrogen and oxygen atoms in total. The molecule has 0 fully saturated rings. The van der Waals surface area contributed by atoms with Gasteiger partial charge < -0.3 is 19.7 Å². The molecule has 2 heterocycles. The summed E-state index contributed by atoms with van der Waals surface area (Å²) in [6.45, 7) is 4.77. The minimum Gasteiger partial charge on any atom is -0.491 e. The molecule has 0 saturated carbocycles. The third kappa shape index (κ3) is 4.80. The van der Waals surface area contributed by atoms with E-state index in [4.69, 9.17) is 16.3 Å². The second-order valence-electron chi connectivity index (χ2n) is 7.23. The van der Waals surface area contributed by atoms with Crippen molar-refractivity contribution in [2.24, 2.45) is 13.0 Å². The second kappa shape index (κ2) is 8.71. The number of nitrogens with zero attached hydrogens (tertiary/aromatic N) is 3. The molecule has 0 amide bonds. The van der Waals surface area contributed by atoms with E-state index in [1.165, 1.54) is 11.6 Å². The summed E-state index contributed by atoms with van der Waals surface area (Å²) in [4.78, 5) is 31.0. The Morgan fingerprint density at radius 2 is 1.97 bits per heavy atom. The molecule has 0 saturated heterocycles. The lowest BCUT2D eigenvalue weighted by Crippen LogP contribution is -2.31. The number of H-pyrrole nitrogens is 1. The van der Waals surface area contributed by atoms with Crippen molar-refractivity contribution in [1.82, 2.24) is 19.1 Å². The molecular formula is C19H24ClN5O4. The second-order valence-corrected chi connectivity index (χ2v) is 7.67. The summed E-state index contributed by atoms with van der Waals surface area (Å²) in [5.74, 6) is 1.32. The van der Waals surface area contributed by atoms with Gasteiger partial charge in [0.1, 0.15) is 18.5 Å². The summed E-state index contributed by atoms with van der Waals surface area (Å²) >= 11 is 5.85. The van der Waals surface area contributed by atoms with Crippen LogP contribution in [0, 0.1) is 5.92 Å². The Morgan fingerprint density at radius 3 is 2.62 bits per heavy atom. The fourth-order valence-electron chi connectivity index (χ4n) is 2.83. The van der Waals surface area contributed by atoms with Crippen LogP contribution in [0.5, 0.6) is 5.75 Å². The van der Waals surface area contributed by atoms with E-state index < -0.39 is 17.4 Å². The van der Waals surface area contributed by atoms with Gasteiger partial charge in [-0.25, -0.2) is 4.79 Å². The maximum Gasteiger partial charge on any atom is 0.329 e. The number of hydrogen-bond acceptors (Lipinski definition) is 6. The third-order valence-electron chi connectivity index (χ3n) is 4.32. The van der Waals surface area contributed by atoms with Gasteiger partial charge in [-0.05, 0) is 30.2 Å². The average molecular weight is 422 g/mol. The van der Waals surface area contributed by atoms with E-state index >= 15 is 0 Å². The molecule has 0 unspecified atom stereocenters. The van der Waals surface area contributed by atoms with Gasteiger partial charge in [-0.3, -0.25) is 14.3 Å². The maximum absolute atomic E-state index is 12.4. The van der Waals surface area contributed by atoms with Gasteiger partial charge in [0, 0.05) is 18.6 Å². The maximum atomic E-state index is 12.4. The molecule has 0 aliphatic carbocycles. The summed E-state index contributed by atoms with van der Waals surface area (Å²) in [7, 11) is 1.53. The third-order valence-corrected chi connectivity index (χ3v) is 4.58. The Balaban J connectivity index is 1.88. The number of rotatable bonds is 8. The predicted octanol–water partition coefficient (Wildman–Crippen LogP) is 1.58. The highest BCUT2D eigenvalue weighted by molar-refractivity contribution is 6.30. The SMILES string of the molecule is CC(C)CNc1nc2c(c(=O)[nH]c(=O)n2C)n1C[C@H](O)COc1ccc(Cl)cc1. The van der Waals surface area contributed by atoms with Gasteiger partial charge in [0.25, 0.3) is 5.56 Å². The smallest absolute Gasteiger partial charge is 0.329 e. The van der Waals surface area contributed by atoms with E-state index in [9.17, 15) is 14.7 Å². The van der Waals surface area contributed by atoms with Crippen molar-refractivity contribution in [2.75, 3.05) is 18.5 Å². The van der Waals surface area contributed by atoms with Crippen molar-refractivity contribution in [3.63, 3.8) is 0 Å². The first-order chi connectivity index (χ1) is 13.8. The van der Waals surface area contributed by atoms with Crippen molar-refractivity contribution < 1.29 is 9.84 Å². The van der Waals surface area contributed by atoms with Crippen LogP contribution in [-0.4, -0.2) is 43.5 Å². The van der Waals surface area contributed by atoms with Crippen molar-refractivity contribution >= 4 is 28.7 Å². The highest BCUT2D eigenvalue weighted by Crippen LogP contribution is 2.18. The fourth-order valence-corrected chi connectivity index (χ4v) is 2.96. The van der Waals surface area contributed by atoms with Crippen LogP contribution in [0.15, 0.2) is 33.9 Å². The number of aliphatic hydroxyl groups is 1.